The smallest absolute Gasteiger partial charge is 0.234 e. The summed E-state index contributed by atoms with van der Waals surface area (Å²) in [5, 5.41) is 2.90. The van der Waals surface area contributed by atoms with Gasteiger partial charge in [-0.2, -0.15) is 0 Å². The van der Waals surface area contributed by atoms with E-state index in [0.717, 1.165) is 24.8 Å². The first-order chi connectivity index (χ1) is 10.9. The molecule has 1 aliphatic heterocycles. The van der Waals surface area contributed by atoms with Crippen molar-refractivity contribution in [3.8, 4) is 0 Å². The van der Waals surface area contributed by atoms with Crippen molar-refractivity contribution in [1.82, 2.24) is 15.2 Å². The molecule has 7 heteroatoms. The molecule has 1 aromatic heterocycles. The molecule has 2 aliphatic rings. The van der Waals surface area contributed by atoms with Crippen LogP contribution in [0.15, 0.2) is 12.3 Å². The quantitative estimate of drug-likeness (QED) is 0.836. The van der Waals surface area contributed by atoms with E-state index in [1.165, 1.54) is 11.3 Å². The van der Waals surface area contributed by atoms with Gasteiger partial charge in [-0.25, -0.2) is 8.42 Å². The van der Waals surface area contributed by atoms with Gasteiger partial charge in [0.25, 0.3) is 0 Å². The van der Waals surface area contributed by atoms with Gasteiger partial charge < -0.3 is 5.32 Å². The molecule has 1 aromatic rings. The zero-order valence-electron chi connectivity index (χ0n) is 13.4. The lowest BCUT2D eigenvalue weighted by Gasteiger charge is -2.22. The van der Waals surface area contributed by atoms with Gasteiger partial charge >= 0.3 is 0 Å². The van der Waals surface area contributed by atoms with E-state index in [4.69, 9.17) is 0 Å². The number of amides is 1. The second kappa shape index (κ2) is 6.57. The molecule has 0 saturated carbocycles. The van der Waals surface area contributed by atoms with E-state index in [9.17, 15) is 13.2 Å². The summed E-state index contributed by atoms with van der Waals surface area (Å²) in [5.74, 6) is 0.299. The van der Waals surface area contributed by atoms with Crippen LogP contribution in [0, 0.1) is 0 Å². The molecule has 1 amide bonds. The van der Waals surface area contributed by atoms with E-state index in [0.29, 0.717) is 13.0 Å². The number of nitrogens with one attached hydrogen (secondary N) is 1. The van der Waals surface area contributed by atoms with Crippen LogP contribution in [0.1, 0.15) is 29.7 Å². The van der Waals surface area contributed by atoms with Crippen LogP contribution in [0.2, 0.25) is 0 Å². The van der Waals surface area contributed by atoms with Gasteiger partial charge in [0.15, 0.2) is 9.84 Å². The summed E-state index contributed by atoms with van der Waals surface area (Å²) in [7, 11) is -1.11. The van der Waals surface area contributed by atoms with Gasteiger partial charge in [-0.15, -0.1) is 0 Å². The predicted molar refractivity (Wildman–Crippen MR) is 87.8 cm³/mol. The van der Waals surface area contributed by atoms with Crippen LogP contribution >= 0.6 is 0 Å². The molecule has 0 aromatic carbocycles. The molecule has 23 heavy (non-hydrogen) atoms. The van der Waals surface area contributed by atoms with Crippen LogP contribution in [-0.2, 0) is 34.0 Å². The maximum atomic E-state index is 12.1. The number of hydrogen-bond donors (Lipinski definition) is 1. The fourth-order valence-electron chi connectivity index (χ4n) is 3.31. The van der Waals surface area contributed by atoms with E-state index in [1.54, 1.807) is 0 Å². The number of likely N-dealkylation sites (N-methyl/N-ethyl adjacent to an activating group) is 1. The monoisotopic (exact) mass is 337 g/mol. The first-order valence-corrected chi connectivity index (χ1v) is 9.89. The van der Waals surface area contributed by atoms with Crippen molar-refractivity contribution in [3.05, 3.63) is 29.1 Å². The minimum atomic E-state index is -2.92. The molecule has 0 bridgehead atoms. The van der Waals surface area contributed by atoms with Crippen molar-refractivity contribution in [2.24, 2.45) is 0 Å². The van der Waals surface area contributed by atoms with Gasteiger partial charge in [0, 0.05) is 24.5 Å². The molecule has 6 nitrogen and oxygen atoms in total. The second-order valence-corrected chi connectivity index (χ2v) is 8.78. The van der Waals surface area contributed by atoms with E-state index in [2.05, 4.69) is 16.4 Å². The first-order valence-electron chi connectivity index (χ1n) is 8.07. The number of sulfone groups is 1. The number of fused-ring (bicyclic) bond motifs is 1. The molecule has 0 unspecified atom stereocenters. The largest absolute Gasteiger partial charge is 0.351 e. The standard InChI is InChI=1S/C16H23N3O3S/c1-19(14-5-6-23(21,22)11-14)10-16(20)18-9-12-7-13-3-2-4-15(13)17-8-12/h7-8,14H,2-6,9-11H2,1H3,(H,18,20)/t14-/m1/s1. The molecule has 126 valence electrons. The fourth-order valence-corrected chi connectivity index (χ4v) is 5.11. The van der Waals surface area contributed by atoms with Gasteiger partial charge in [0.1, 0.15) is 0 Å². The van der Waals surface area contributed by atoms with Gasteiger partial charge in [0.2, 0.25) is 5.91 Å². The van der Waals surface area contributed by atoms with Crippen molar-refractivity contribution in [1.29, 1.82) is 0 Å². The molecule has 1 atom stereocenters. The number of rotatable bonds is 5. The Morgan fingerprint density at radius 1 is 1.43 bits per heavy atom. The van der Waals surface area contributed by atoms with Gasteiger partial charge in [0.05, 0.1) is 18.1 Å². The molecule has 1 fully saturated rings. The normalized spacial score (nSPS) is 22.3. The molecular weight excluding hydrogens is 314 g/mol. The average Bonchev–Trinajstić information content (AvgIpc) is 3.10. The Bertz CT molecular complexity index is 703. The van der Waals surface area contributed by atoms with E-state index < -0.39 is 9.84 Å². The Hall–Kier alpha value is -1.47. The summed E-state index contributed by atoms with van der Waals surface area (Å²) >= 11 is 0. The van der Waals surface area contributed by atoms with E-state index in [-0.39, 0.29) is 30.0 Å². The van der Waals surface area contributed by atoms with Crippen LogP contribution in [0.25, 0.3) is 0 Å². The number of carbonyl (C=O) groups excluding carboxylic acids is 1. The predicted octanol–water partition coefficient (Wildman–Crippen LogP) is 0.305. The minimum absolute atomic E-state index is 0.0487. The summed E-state index contributed by atoms with van der Waals surface area (Å²) in [6.07, 6.45) is 5.73. The Kier molecular flexibility index (Phi) is 4.68. The molecule has 1 N–H and O–H groups in total. The molecular formula is C16H23N3O3S. The summed E-state index contributed by atoms with van der Waals surface area (Å²) in [6.45, 7) is 0.689. The molecule has 0 spiro atoms. The third kappa shape index (κ3) is 4.09. The Morgan fingerprint density at radius 2 is 2.26 bits per heavy atom. The van der Waals surface area contributed by atoms with Crippen LogP contribution in [-0.4, -0.2) is 55.3 Å². The SMILES string of the molecule is CN(CC(=O)NCc1cnc2c(c1)CCC2)[C@@H]1CCS(=O)(=O)C1. The fraction of sp³-hybridized carbons (Fsp3) is 0.625. The third-order valence-corrected chi connectivity index (χ3v) is 6.44. The van der Waals surface area contributed by atoms with Crippen molar-refractivity contribution in [2.75, 3.05) is 25.1 Å². The van der Waals surface area contributed by atoms with Crippen LogP contribution < -0.4 is 5.32 Å². The molecule has 0 radical (unpaired) electrons. The zero-order chi connectivity index (χ0) is 16.4. The highest BCUT2D eigenvalue weighted by Gasteiger charge is 2.31. The lowest BCUT2D eigenvalue weighted by molar-refractivity contribution is -0.122. The summed E-state index contributed by atoms with van der Waals surface area (Å²) in [5.41, 5.74) is 3.50. The van der Waals surface area contributed by atoms with Crippen LogP contribution in [0.3, 0.4) is 0 Å². The summed E-state index contributed by atoms with van der Waals surface area (Å²) in [4.78, 5) is 18.3. The van der Waals surface area contributed by atoms with Crippen molar-refractivity contribution in [2.45, 2.75) is 38.3 Å². The van der Waals surface area contributed by atoms with Gasteiger partial charge in [-0.05, 0) is 43.9 Å². The second-order valence-electron chi connectivity index (χ2n) is 6.55. The lowest BCUT2D eigenvalue weighted by Crippen LogP contribution is -2.41. The number of pyridine rings is 1. The Labute approximate surface area is 137 Å². The van der Waals surface area contributed by atoms with Crippen molar-refractivity contribution < 1.29 is 13.2 Å². The highest BCUT2D eigenvalue weighted by molar-refractivity contribution is 7.91. The van der Waals surface area contributed by atoms with E-state index in [1.807, 2.05) is 18.1 Å². The van der Waals surface area contributed by atoms with E-state index >= 15 is 0 Å². The Morgan fingerprint density at radius 3 is 3.00 bits per heavy atom. The van der Waals surface area contributed by atoms with Crippen molar-refractivity contribution >= 4 is 15.7 Å². The molecule has 1 aliphatic carbocycles. The topological polar surface area (TPSA) is 79.4 Å². The lowest BCUT2D eigenvalue weighted by atomic mass is 10.1. The maximum Gasteiger partial charge on any atom is 0.234 e. The number of nitrogens with zero attached hydrogens (tertiary/aromatic N) is 2. The molecule has 2 heterocycles. The summed E-state index contributed by atoms with van der Waals surface area (Å²) in [6, 6.07) is 2.08. The third-order valence-electron chi connectivity index (χ3n) is 4.69. The number of hydrogen-bond acceptors (Lipinski definition) is 5. The van der Waals surface area contributed by atoms with Crippen LogP contribution in [0.5, 0.6) is 0 Å². The molecule has 1 saturated heterocycles. The highest BCUT2D eigenvalue weighted by atomic mass is 32.2. The van der Waals surface area contributed by atoms with Crippen molar-refractivity contribution in [3.63, 3.8) is 0 Å². The van der Waals surface area contributed by atoms with Gasteiger partial charge in [-0.1, -0.05) is 6.07 Å². The first kappa shape index (κ1) is 16.4. The highest BCUT2D eigenvalue weighted by Crippen LogP contribution is 2.20. The maximum absolute atomic E-state index is 12.1. The zero-order valence-corrected chi connectivity index (χ0v) is 14.2. The Balaban J connectivity index is 1.48. The molecule has 3 rings (SSSR count). The minimum Gasteiger partial charge on any atom is -0.351 e. The van der Waals surface area contributed by atoms with Crippen LogP contribution in [0.4, 0.5) is 0 Å². The number of carbonyl (C=O) groups is 1. The number of aryl methyl sites for hydroxylation is 2. The average molecular weight is 337 g/mol. The van der Waals surface area contributed by atoms with Gasteiger partial charge in [-0.3, -0.25) is 14.7 Å². The summed E-state index contributed by atoms with van der Waals surface area (Å²) < 4.78 is 23.0. The number of aromatic nitrogens is 1.